The van der Waals surface area contributed by atoms with Crippen LogP contribution in [0.3, 0.4) is 0 Å². The quantitative estimate of drug-likeness (QED) is 0.733. The standard InChI is InChI=1S/C15H26ClNO/c1-3-15(2,10-16)17-14(18)13(11-6-4-7-11)12-8-5-9-12/h11-13H,3-10H2,1-2H3,(H,17,18). The van der Waals surface area contributed by atoms with Gasteiger partial charge in [-0.25, -0.2) is 0 Å². The van der Waals surface area contributed by atoms with E-state index in [1.165, 1.54) is 38.5 Å². The van der Waals surface area contributed by atoms with Gasteiger partial charge in [0.2, 0.25) is 5.91 Å². The Hall–Kier alpha value is -0.240. The maximum absolute atomic E-state index is 12.6. The van der Waals surface area contributed by atoms with Gasteiger partial charge in [-0.15, -0.1) is 11.6 Å². The van der Waals surface area contributed by atoms with Gasteiger partial charge in [0.15, 0.2) is 0 Å². The molecule has 2 aliphatic rings. The van der Waals surface area contributed by atoms with E-state index in [0.717, 1.165) is 6.42 Å². The van der Waals surface area contributed by atoms with Crippen LogP contribution in [-0.4, -0.2) is 17.3 Å². The van der Waals surface area contributed by atoms with Gasteiger partial charge in [0.05, 0.1) is 5.54 Å². The van der Waals surface area contributed by atoms with Crippen molar-refractivity contribution in [1.82, 2.24) is 5.32 Å². The Morgan fingerprint density at radius 2 is 1.78 bits per heavy atom. The normalized spacial score (nSPS) is 24.2. The minimum atomic E-state index is -0.232. The lowest BCUT2D eigenvalue weighted by molar-refractivity contribution is -0.133. The maximum Gasteiger partial charge on any atom is 0.224 e. The Labute approximate surface area is 116 Å². The summed E-state index contributed by atoms with van der Waals surface area (Å²) in [7, 11) is 0. The molecule has 1 unspecified atom stereocenters. The van der Waals surface area contributed by atoms with E-state index in [4.69, 9.17) is 11.6 Å². The zero-order valence-corrected chi connectivity index (χ0v) is 12.4. The summed E-state index contributed by atoms with van der Waals surface area (Å²) in [6.07, 6.45) is 8.50. The van der Waals surface area contributed by atoms with Crippen LogP contribution < -0.4 is 5.32 Å². The highest BCUT2D eigenvalue weighted by atomic mass is 35.5. The smallest absolute Gasteiger partial charge is 0.224 e. The van der Waals surface area contributed by atoms with Crippen molar-refractivity contribution in [3.8, 4) is 0 Å². The number of nitrogens with one attached hydrogen (secondary N) is 1. The molecule has 2 aliphatic carbocycles. The average molecular weight is 272 g/mol. The van der Waals surface area contributed by atoms with E-state index < -0.39 is 0 Å². The SMILES string of the molecule is CCC(C)(CCl)NC(=O)C(C1CCC1)C1CCC1. The predicted molar refractivity (Wildman–Crippen MR) is 75.7 cm³/mol. The van der Waals surface area contributed by atoms with E-state index in [1.807, 2.05) is 0 Å². The van der Waals surface area contributed by atoms with Crippen molar-refractivity contribution in [2.45, 2.75) is 64.3 Å². The molecule has 0 bridgehead atoms. The molecule has 1 atom stereocenters. The molecule has 3 heteroatoms. The van der Waals surface area contributed by atoms with Crippen LogP contribution >= 0.6 is 11.6 Å². The molecule has 2 rings (SSSR count). The van der Waals surface area contributed by atoms with Gasteiger partial charge in [-0.2, -0.15) is 0 Å². The molecule has 0 aromatic carbocycles. The molecule has 0 radical (unpaired) electrons. The van der Waals surface area contributed by atoms with Crippen LogP contribution in [-0.2, 0) is 4.79 Å². The summed E-state index contributed by atoms with van der Waals surface area (Å²) in [6, 6.07) is 0. The molecule has 0 saturated heterocycles. The Balaban J connectivity index is 1.98. The number of hydrogen-bond donors (Lipinski definition) is 1. The second kappa shape index (κ2) is 5.81. The first kappa shape index (κ1) is 14.2. The molecular weight excluding hydrogens is 246 g/mol. The molecule has 0 aromatic rings. The van der Waals surface area contributed by atoms with Crippen LogP contribution in [0, 0.1) is 17.8 Å². The van der Waals surface area contributed by atoms with Crippen LogP contribution in [0.1, 0.15) is 58.8 Å². The molecule has 18 heavy (non-hydrogen) atoms. The van der Waals surface area contributed by atoms with Crippen molar-refractivity contribution in [1.29, 1.82) is 0 Å². The number of amides is 1. The lowest BCUT2D eigenvalue weighted by Gasteiger charge is -2.43. The summed E-state index contributed by atoms with van der Waals surface area (Å²) < 4.78 is 0. The van der Waals surface area contributed by atoms with Crippen molar-refractivity contribution >= 4 is 17.5 Å². The van der Waals surface area contributed by atoms with Crippen molar-refractivity contribution < 1.29 is 4.79 Å². The molecule has 104 valence electrons. The summed E-state index contributed by atoms with van der Waals surface area (Å²) in [5.74, 6) is 2.33. The topological polar surface area (TPSA) is 29.1 Å². The second-order valence-electron chi connectivity index (χ2n) is 6.44. The lowest BCUT2D eigenvalue weighted by atomic mass is 9.64. The second-order valence-corrected chi connectivity index (χ2v) is 6.71. The van der Waals surface area contributed by atoms with Crippen molar-refractivity contribution in [3.05, 3.63) is 0 Å². The Kier molecular flexibility index (Phi) is 4.58. The van der Waals surface area contributed by atoms with Crippen molar-refractivity contribution in [2.24, 2.45) is 17.8 Å². The molecule has 2 fully saturated rings. The Morgan fingerprint density at radius 3 is 2.06 bits per heavy atom. The molecule has 0 aliphatic heterocycles. The van der Waals surface area contributed by atoms with Gasteiger partial charge in [0.25, 0.3) is 0 Å². The lowest BCUT2D eigenvalue weighted by Crippen LogP contribution is -2.53. The highest BCUT2D eigenvalue weighted by molar-refractivity contribution is 6.18. The summed E-state index contributed by atoms with van der Waals surface area (Å²) in [4.78, 5) is 12.6. The van der Waals surface area contributed by atoms with Gasteiger partial charge >= 0.3 is 0 Å². The first-order valence-electron chi connectivity index (χ1n) is 7.47. The van der Waals surface area contributed by atoms with Crippen molar-refractivity contribution in [2.75, 3.05) is 5.88 Å². The van der Waals surface area contributed by atoms with E-state index in [9.17, 15) is 4.79 Å². The number of halogens is 1. The summed E-state index contributed by atoms with van der Waals surface area (Å²) in [5.41, 5.74) is -0.232. The zero-order valence-electron chi connectivity index (χ0n) is 11.7. The fourth-order valence-corrected chi connectivity index (χ4v) is 3.26. The number of carbonyl (C=O) groups excluding carboxylic acids is 1. The third-order valence-corrected chi connectivity index (χ3v) is 5.71. The third kappa shape index (κ3) is 2.84. The van der Waals surface area contributed by atoms with Crippen molar-refractivity contribution in [3.63, 3.8) is 0 Å². The van der Waals surface area contributed by atoms with E-state index in [1.54, 1.807) is 0 Å². The first-order chi connectivity index (χ1) is 8.59. The molecule has 2 saturated carbocycles. The fourth-order valence-electron chi connectivity index (χ4n) is 3.01. The number of alkyl halides is 1. The van der Waals surface area contributed by atoms with Gasteiger partial charge in [0.1, 0.15) is 0 Å². The summed E-state index contributed by atoms with van der Waals surface area (Å²) in [6.45, 7) is 4.14. The van der Waals surface area contributed by atoms with Crippen LogP contribution in [0.5, 0.6) is 0 Å². The Bertz CT molecular complexity index is 279. The van der Waals surface area contributed by atoms with E-state index >= 15 is 0 Å². The largest absolute Gasteiger partial charge is 0.349 e. The molecule has 2 nitrogen and oxygen atoms in total. The van der Waals surface area contributed by atoms with E-state index in [0.29, 0.717) is 17.7 Å². The van der Waals surface area contributed by atoms with Gasteiger partial charge in [-0.05, 0) is 50.9 Å². The molecule has 1 N–H and O–H groups in total. The number of carbonyl (C=O) groups is 1. The monoisotopic (exact) mass is 271 g/mol. The van der Waals surface area contributed by atoms with E-state index in [-0.39, 0.29) is 17.4 Å². The van der Waals surface area contributed by atoms with Gasteiger partial charge < -0.3 is 5.32 Å². The number of hydrogen-bond acceptors (Lipinski definition) is 1. The average Bonchev–Trinajstić information content (AvgIpc) is 2.23. The first-order valence-corrected chi connectivity index (χ1v) is 8.01. The van der Waals surface area contributed by atoms with Crippen LogP contribution in [0.15, 0.2) is 0 Å². The van der Waals surface area contributed by atoms with Gasteiger partial charge in [-0.3, -0.25) is 4.79 Å². The summed E-state index contributed by atoms with van der Waals surface area (Å²) in [5, 5.41) is 3.22. The number of rotatable bonds is 6. The molecular formula is C15H26ClNO. The van der Waals surface area contributed by atoms with E-state index in [2.05, 4.69) is 19.2 Å². The maximum atomic E-state index is 12.6. The molecule has 0 aromatic heterocycles. The highest BCUT2D eigenvalue weighted by Gasteiger charge is 2.41. The zero-order chi connectivity index (χ0) is 13.2. The molecule has 1 amide bonds. The fraction of sp³-hybridized carbons (Fsp3) is 0.933. The van der Waals surface area contributed by atoms with Gasteiger partial charge in [-0.1, -0.05) is 19.8 Å². The minimum Gasteiger partial charge on any atom is -0.349 e. The third-order valence-electron chi connectivity index (χ3n) is 5.12. The minimum absolute atomic E-state index is 0.232. The predicted octanol–water partition coefficient (Wildman–Crippen LogP) is 3.73. The van der Waals surface area contributed by atoms with Crippen LogP contribution in [0.25, 0.3) is 0 Å². The van der Waals surface area contributed by atoms with Gasteiger partial charge in [0, 0.05) is 11.8 Å². The molecule has 0 spiro atoms. The van der Waals surface area contributed by atoms with Crippen LogP contribution in [0.2, 0.25) is 0 Å². The van der Waals surface area contributed by atoms with Crippen LogP contribution in [0.4, 0.5) is 0 Å². The Morgan fingerprint density at radius 1 is 1.28 bits per heavy atom. The molecule has 0 heterocycles. The highest BCUT2D eigenvalue weighted by Crippen LogP contribution is 2.44. The summed E-state index contributed by atoms with van der Waals surface area (Å²) >= 11 is 6.00.